The molecule has 0 atom stereocenters. The van der Waals surface area contributed by atoms with Crippen molar-refractivity contribution in [3.05, 3.63) is 61.5 Å². The quantitative estimate of drug-likeness (QED) is 0.346. The Hall–Kier alpha value is -3.51. The molecule has 1 heterocycles. The van der Waals surface area contributed by atoms with E-state index in [-0.39, 0.29) is 22.4 Å². The van der Waals surface area contributed by atoms with Crippen LogP contribution in [0.2, 0.25) is 0 Å². The molecule has 2 aromatic rings. The van der Waals surface area contributed by atoms with Crippen molar-refractivity contribution in [1.82, 2.24) is 0 Å². The molecule has 0 saturated carbocycles. The largest absolute Gasteiger partial charge is 0.365 e. The fraction of sp³-hybridized carbons (Fsp3) is 0.211. The van der Waals surface area contributed by atoms with E-state index in [1.54, 1.807) is 12.1 Å². The summed E-state index contributed by atoms with van der Waals surface area (Å²) in [5.41, 5.74) is 6.27. The first-order valence-electron chi connectivity index (χ1n) is 8.53. The van der Waals surface area contributed by atoms with E-state index < -0.39 is 16.7 Å². The number of hydrogen-bond donors (Lipinski definition) is 2. The predicted octanol–water partition coefficient (Wildman–Crippen LogP) is 3.18. The molecule has 8 nitrogen and oxygen atoms in total. The summed E-state index contributed by atoms with van der Waals surface area (Å²) in [5.74, 6) is -1.38. The second kappa shape index (κ2) is 8.02. The predicted molar refractivity (Wildman–Crippen MR) is 105 cm³/mol. The molecular formula is C19H16N4O4S. The van der Waals surface area contributed by atoms with Crippen LogP contribution in [0.25, 0.3) is 6.08 Å². The van der Waals surface area contributed by atoms with Gasteiger partial charge in [0.15, 0.2) is 0 Å². The molecule has 2 amide bonds. The van der Waals surface area contributed by atoms with Gasteiger partial charge in [-0.05, 0) is 43.4 Å². The molecule has 3 rings (SSSR count). The van der Waals surface area contributed by atoms with Gasteiger partial charge in [-0.3, -0.25) is 19.7 Å². The van der Waals surface area contributed by atoms with Crippen LogP contribution >= 0.6 is 11.3 Å². The van der Waals surface area contributed by atoms with E-state index in [1.165, 1.54) is 29.5 Å². The highest BCUT2D eigenvalue weighted by molar-refractivity contribution is 7.17. The van der Waals surface area contributed by atoms with E-state index in [4.69, 9.17) is 5.73 Å². The maximum atomic E-state index is 12.6. The molecule has 0 radical (unpaired) electrons. The van der Waals surface area contributed by atoms with Crippen LogP contribution in [0.4, 0.5) is 10.7 Å². The summed E-state index contributed by atoms with van der Waals surface area (Å²) in [7, 11) is 0. The van der Waals surface area contributed by atoms with Crippen LogP contribution in [0.3, 0.4) is 0 Å². The van der Waals surface area contributed by atoms with Gasteiger partial charge in [-0.1, -0.05) is 12.1 Å². The molecule has 0 unspecified atom stereocenters. The fourth-order valence-corrected chi connectivity index (χ4v) is 4.45. The lowest BCUT2D eigenvalue weighted by Gasteiger charge is -2.11. The van der Waals surface area contributed by atoms with E-state index in [2.05, 4.69) is 5.32 Å². The monoisotopic (exact) mass is 396 g/mol. The number of aryl methyl sites for hydroxylation is 1. The van der Waals surface area contributed by atoms with Crippen molar-refractivity contribution in [2.75, 3.05) is 5.32 Å². The Labute approximate surface area is 164 Å². The van der Waals surface area contributed by atoms with Crippen LogP contribution in [0.5, 0.6) is 0 Å². The number of hydrogen-bond acceptors (Lipinski definition) is 6. The number of nitrogens with two attached hydrogens (primary N) is 1. The third-order valence-electron chi connectivity index (χ3n) is 4.44. The van der Waals surface area contributed by atoms with Crippen molar-refractivity contribution >= 4 is 39.9 Å². The van der Waals surface area contributed by atoms with Crippen molar-refractivity contribution in [3.8, 4) is 6.07 Å². The van der Waals surface area contributed by atoms with Crippen LogP contribution in [0.15, 0.2) is 29.8 Å². The lowest BCUT2D eigenvalue weighted by atomic mass is 9.95. The minimum atomic E-state index is -0.748. The Morgan fingerprint density at radius 1 is 1.29 bits per heavy atom. The molecule has 1 aromatic heterocycles. The number of nitro groups is 1. The maximum absolute atomic E-state index is 12.6. The molecule has 1 aromatic carbocycles. The van der Waals surface area contributed by atoms with E-state index >= 15 is 0 Å². The topological polar surface area (TPSA) is 139 Å². The average molecular weight is 396 g/mol. The molecule has 1 aliphatic carbocycles. The number of primary amides is 1. The molecule has 9 heteroatoms. The second-order valence-electron chi connectivity index (χ2n) is 6.22. The molecular weight excluding hydrogens is 380 g/mol. The molecule has 0 saturated heterocycles. The van der Waals surface area contributed by atoms with Crippen LogP contribution < -0.4 is 11.1 Å². The van der Waals surface area contributed by atoms with E-state index in [1.807, 2.05) is 0 Å². The van der Waals surface area contributed by atoms with E-state index in [0.717, 1.165) is 42.2 Å². The number of nitriles is 1. The van der Waals surface area contributed by atoms with Crippen molar-refractivity contribution in [3.63, 3.8) is 0 Å². The molecule has 0 bridgehead atoms. The number of thiophene rings is 1. The lowest BCUT2D eigenvalue weighted by Crippen LogP contribution is -2.19. The number of anilines is 1. The Bertz CT molecular complexity index is 1050. The Morgan fingerprint density at radius 3 is 2.68 bits per heavy atom. The summed E-state index contributed by atoms with van der Waals surface area (Å²) in [5, 5.41) is 23.4. The van der Waals surface area contributed by atoms with Gasteiger partial charge in [0, 0.05) is 10.9 Å². The molecule has 28 heavy (non-hydrogen) atoms. The zero-order valence-electron chi connectivity index (χ0n) is 14.7. The van der Waals surface area contributed by atoms with Gasteiger partial charge in [-0.15, -0.1) is 11.3 Å². The Morgan fingerprint density at radius 2 is 2.00 bits per heavy atom. The highest BCUT2D eigenvalue weighted by Gasteiger charge is 2.26. The smallest absolute Gasteiger partial charge is 0.276 e. The third-order valence-corrected chi connectivity index (χ3v) is 5.65. The Kier molecular flexibility index (Phi) is 5.52. The number of carbonyl (C=O) groups excluding carboxylic acids is 2. The zero-order chi connectivity index (χ0) is 20.3. The number of fused-ring (bicyclic) bond motifs is 1. The minimum absolute atomic E-state index is 0.139. The number of rotatable bonds is 5. The third kappa shape index (κ3) is 3.77. The van der Waals surface area contributed by atoms with Gasteiger partial charge < -0.3 is 11.1 Å². The highest BCUT2D eigenvalue weighted by atomic mass is 32.1. The number of para-hydroxylation sites is 1. The lowest BCUT2D eigenvalue weighted by molar-refractivity contribution is -0.385. The van der Waals surface area contributed by atoms with Crippen molar-refractivity contribution in [1.29, 1.82) is 5.26 Å². The standard InChI is InChI=1S/C19H16N4O4S/c20-10-12(9-11-5-1-3-7-14(11)23(26)27)18(25)22-19-16(17(21)24)13-6-2-4-8-15(13)28-19/h1,3,5,7,9H,2,4,6,8H2,(H2,21,24)(H,22,25). The van der Waals surface area contributed by atoms with Gasteiger partial charge in [0.05, 0.1) is 16.1 Å². The number of carbonyl (C=O) groups is 2. The summed E-state index contributed by atoms with van der Waals surface area (Å²) in [6.45, 7) is 0. The molecule has 0 aliphatic heterocycles. The van der Waals surface area contributed by atoms with Gasteiger partial charge in [-0.25, -0.2) is 0 Å². The van der Waals surface area contributed by atoms with Crippen LogP contribution in [-0.2, 0) is 17.6 Å². The molecule has 0 fully saturated rings. The Balaban J connectivity index is 1.94. The van der Waals surface area contributed by atoms with Gasteiger partial charge >= 0.3 is 0 Å². The SMILES string of the molecule is N#CC(=Cc1ccccc1[N+](=O)[O-])C(=O)Nc1sc2c(c1C(N)=O)CCCC2. The first-order chi connectivity index (χ1) is 13.4. The molecule has 142 valence electrons. The van der Waals surface area contributed by atoms with Gasteiger partial charge in [0.25, 0.3) is 17.5 Å². The highest BCUT2D eigenvalue weighted by Crippen LogP contribution is 2.38. The number of amides is 2. The van der Waals surface area contributed by atoms with Crippen molar-refractivity contribution < 1.29 is 14.5 Å². The first kappa shape index (κ1) is 19.3. The first-order valence-corrected chi connectivity index (χ1v) is 9.35. The average Bonchev–Trinajstić information content (AvgIpc) is 3.04. The summed E-state index contributed by atoms with van der Waals surface area (Å²) in [4.78, 5) is 36.1. The minimum Gasteiger partial charge on any atom is -0.365 e. The molecule has 1 aliphatic rings. The summed E-state index contributed by atoms with van der Waals surface area (Å²) >= 11 is 1.28. The van der Waals surface area contributed by atoms with E-state index in [0.29, 0.717) is 5.00 Å². The number of nitrogens with zero attached hydrogens (tertiary/aromatic N) is 2. The van der Waals surface area contributed by atoms with Crippen molar-refractivity contribution in [2.45, 2.75) is 25.7 Å². The van der Waals surface area contributed by atoms with Gasteiger partial charge in [-0.2, -0.15) is 5.26 Å². The maximum Gasteiger partial charge on any atom is 0.276 e. The van der Waals surface area contributed by atoms with Crippen LogP contribution in [-0.4, -0.2) is 16.7 Å². The van der Waals surface area contributed by atoms with Gasteiger partial charge in [0.2, 0.25) is 0 Å². The number of nitrogens with one attached hydrogen (secondary N) is 1. The van der Waals surface area contributed by atoms with Gasteiger partial charge in [0.1, 0.15) is 16.6 Å². The zero-order valence-corrected chi connectivity index (χ0v) is 15.5. The number of nitro benzene ring substituents is 1. The number of benzene rings is 1. The molecule has 3 N–H and O–H groups in total. The van der Waals surface area contributed by atoms with Crippen LogP contribution in [0, 0.1) is 21.4 Å². The van der Waals surface area contributed by atoms with E-state index in [9.17, 15) is 25.0 Å². The summed E-state index contributed by atoms with van der Waals surface area (Å²) in [6.07, 6.45) is 4.63. The summed E-state index contributed by atoms with van der Waals surface area (Å²) < 4.78 is 0. The second-order valence-corrected chi connectivity index (χ2v) is 7.32. The molecule has 0 spiro atoms. The summed E-state index contributed by atoms with van der Waals surface area (Å²) in [6, 6.07) is 7.57. The fourth-order valence-electron chi connectivity index (χ4n) is 3.16. The van der Waals surface area contributed by atoms with Crippen LogP contribution in [0.1, 0.15) is 39.2 Å². The normalized spacial score (nSPS) is 13.3. The van der Waals surface area contributed by atoms with Crippen molar-refractivity contribution in [2.24, 2.45) is 5.73 Å².